The predicted octanol–water partition coefficient (Wildman–Crippen LogP) is 4.09. The van der Waals surface area contributed by atoms with E-state index in [4.69, 9.17) is 10.5 Å². The summed E-state index contributed by atoms with van der Waals surface area (Å²) in [5, 5.41) is 0. The van der Waals surface area contributed by atoms with Crippen molar-refractivity contribution in [2.45, 2.75) is 19.9 Å². The Morgan fingerprint density at radius 1 is 1.11 bits per heavy atom. The molecule has 1 atom stereocenters. The van der Waals surface area contributed by atoms with Gasteiger partial charge in [0.15, 0.2) is 0 Å². The molecule has 0 saturated carbocycles. The number of aryl methyl sites for hydroxylation is 1. The first-order chi connectivity index (χ1) is 8.97. The number of ether oxygens (including phenoxy) is 1. The second-order valence-corrected chi connectivity index (χ2v) is 4.48. The first-order valence-electron chi connectivity index (χ1n) is 5.96. The molecule has 2 nitrogen and oxygen atoms in total. The third-order valence-corrected chi connectivity index (χ3v) is 2.82. The number of hydrogen-bond donors (Lipinski definition) is 1. The van der Waals surface area contributed by atoms with E-state index in [1.165, 1.54) is 30.3 Å². The van der Waals surface area contributed by atoms with Crippen LogP contribution in [0.25, 0.3) is 0 Å². The lowest BCUT2D eigenvalue weighted by Crippen LogP contribution is -2.07. The molecule has 0 saturated heterocycles. The smallest absolute Gasteiger partial charge is 0.132 e. The Bertz CT molecular complexity index is 597. The summed E-state index contributed by atoms with van der Waals surface area (Å²) in [6.07, 6.45) is 0. The summed E-state index contributed by atoms with van der Waals surface area (Å²) in [5.41, 5.74) is 6.84. The predicted molar refractivity (Wildman–Crippen MR) is 70.2 cm³/mol. The molecule has 0 spiro atoms. The van der Waals surface area contributed by atoms with E-state index in [2.05, 4.69) is 0 Å². The van der Waals surface area contributed by atoms with Crippen molar-refractivity contribution in [1.29, 1.82) is 0 Å². The average Bonchev–Trinajstić information content (AvgIpc) is 2.36. The highest BCUT2D eigenvalue weighted by Gasteiger charge is 2.11. The van der Waals surface area contributed by atoms with E-state index in [1.54, 1.807) is 19.9 Å². The van der Waals surface area contributed by atoms with Crippen LogP contribution in [-0.2, 0) is 0 Å². The van der Waals surface area contributed by atoms with Gasteiger partial charge in [0, 0.05) is 11.6 Å². The second-order valence-electron chi connectivity index (χ2n) is 4.48. The Morgan fingerprint density at radius 2 is 1.84 bits per heavy atom. The molecule has 2 aromatic rings. The number of benzene rings is 2. The van der Waals surface area contributed by atoms with Gasteiger partial charge in [-0.15, -0.1) is 0 Å². The molecule has 100 valence electrons. The van der Waals surface area contributed by atoms with Crippen molar-refractivity contribution in [3.63, 3.8) is 0 Å². The maximum Gasteiger partial charge on any atom is 0.132 e. The zero-order chi connectivity index (χ0) is 14.0. The van der Waals surface area contributed by atoms with Gasteiger partial charge in [0.1, 0.15) is 23.1 Å². The summed E-state index contributed by atoms with van der Waals surface area (Å²) in [6, 6.07) is 8.26. The molecule has 0 aliphatic heterocycles. The van der Waals surface area contributed by atoms with Gasteiger partial charge < -0.3 is 10.5 Å². The first-order valence-corrected chi connectivity index (χ1v) is 5.96. The Hall–Kier alpha value is -1.94. The molecule has 0 radical (unpaired) electrons. The average molecular weight is 263 g/mol. The van der Waals surface area contributed by atoms with Crippen molar-refractivity contribution < 1.29 is 13.5 Å². The minimum Gasteiger partial charge on any atom is -0.457 e. The van der Waals surface area contributed by atoms with E-state index >= 15 is 0 Å². The van der Waals surface area contributed by atoms with Crippen LogP contribution in [0.4, 0.5) is 8.78 Å². The van der Waals surface area contributed by atoms with Gasteiger partial charge in [0.25, 0.3) is 0 Å². The van der Waals surface area contributed by atoms with Crippen LogP contribution in [0.15, 0.2) is 36.4 Å². The van der Waals surface area contributed by atoms with Crippen LogP contribution in [0.5, 0.6) is 11.5 Å². The molecule has 0 aliphatic rings. The third-order valence-electron chi connectivity index (χ3n) is 2.82. The van der Waals surface area contributed by atoms with Crippen LogP contribution in [0.3, 0.4) is 0 Å². The zero-order valence-electron chi connectivity index (χ0n) is 10.8. The van der Waals surface area contributed by atoms with E-state index in [-0.39, 0.29) is 17.7 Å². The lowest BCUT2D eigenvalue weighted by Gasteiger charge is -2.14. The number of hydrogen-bond acceptors (Lipinski definition) is 2. The molecule has 0 heterocycles. The van der Waals surface area contributed by atoms with Crippen LogP contribution in [0.2, 0.25) is 0 Å². The maximum absolute atomic E-state index is 13.2. The van der Waals surface area contributed by atoms with E-state index in [0.29, 0.717) is 22.6 Å². The Kier molecular flexibility index (Phi) is 3.81. The fourth-order valence-corrected chi connectivity index (χ4v) is 1.78. The molecule has 2 aromatic carbocycles. The lowest BCUT2D eigenvalue weighted by atomic mass is 10.1. The molecule has 4 heteroatoms. The minimum absolute atomic E-state index is 0.293. The van der Waals surface area contributed by atoms with Gasteiger partial charge in [-0.3, -0.25) is 0 Å². The lowest BCUT2D eigenvalue weighted by molar-refractivity contribution is 0.466. The van der Waals surface area contributed by atoms with Crippen LogP contribution >= 0.6 is 0 Å². The van der Waals surface area contributed by atoms with Gasteiger partial charge >= 0.3 is 0 Å². The molecule has 0 fully saturated rings. The third kappa shape index (κ3) is 3.09. The largest absolute Gasteiger partial charge is 0.457 e. The van der Waals surface area contributed by atoms with Crippen LogP contribution in [-0.4, -0.2) is 0 Å². The normalized spacial score (nSPS) is 12.3. The summed E-state index contributed by atoms with van der Waals surface area (Å²) in [5.74, 6) is 0.309. The van der Waals surface area contributed by atoms with Crippen LogP contribution < -0.4 is 10.5 Å². The molecule has 0 unspecified atom stereocenters. The molecule has 0 bridgehead atoms. The van der Waals surface area contributed by atoms with Crippen molar-refractivity contribution >= 4 is 0 Å². The Morgan fingerprint density at radius 3 is 2.47 bits per heavy atom. The van der Waals surface area contributed by atoms with Crippen LogP contribution in [0.1, 0.15) is 24.1 Å². The summed E-state index contributed by atoms with van der Waals surface area (Å²) in [7, 11) is 0. The summed E-state index contributed by atoms with van der Waals surface area (Å²) in [6.45, 7) is 3.40. The SMILES string of the molecule is Cc1cc(Oc2ccc(F)cc2[C@H](C)N)ccc1F. The van der Waals surface area contributed by atoms with E-state index in [1.807, 2.05) is 0 Å². The standard InChI is InChI=1S/C15H15F2NO/c1-9-7-12(4-5-14(9)17)19-15-6-3-11(16)8-13(15)10(2)18/h3-8,10H,18H2,1-2H3/t10-/m0/s1. The van der Waals surface area contributed by atoms with Crippen molar-refractivity contribution in [2.75, 3.05) is 0 Å². The number of nitrogens with two attached hydrogens (primary N) is 1. The number of halogens is 2. The molecular formula is C15H15F2NO. The quantitative estimate of drug-likeness (QED) is 0.905. The van der Waals surface area contributed by atoms with Gasteiger partial charge in [-0.2, -0.15) is 0 Å². The highest BCUT2D eigenvalue weighted by atomic mass is 19.1. The van der Waals surface area contributed by atoms with Gasteiger partial charge in [-0.05, 0) is 55.8 Å². The number of rotatable bonds is 3. The second kappa shape index (κ2) is 5.36. The highest BCUT2D eigenvalue weighted by molar-refractivity contribution is 5.40. The van der Waals surface area contributed by atoms with Gasteiger partial charge in [-0.1, -0.05) is 0 Å². The van der Waals surface area contributed by atoms with E-state index < -0.39 is 0 Å². The van der Waals surface area contributed by atoms with Crippen LogP contribution in [0, 0.1) is 18.6 Å². The van der Waals surface area contributed by atoms with E-state index in [9.17, 15) is 8.78 Å². The highest BCUT2D eigenvalue weighted by Crippen LogP contribution is 2.30. The minimum atomic E-state index is -0.366. The fourth-order valence-electron chi connectivity index (χ4n) is 1.78. The van der Waals surface area contributed by atoms with Gasteiger partial charge in [0.2, 0.25) is 0 Å². The molecule has 0 aromatic heterocycles. The summed E-state index contributed by atoms with van der Waals surface area (Å²) >= 11 is 0. The summed E-state index contributed by atoms with van der Waals surface area (Å²) < 4.78 is 32.0. The van der Waals surface area contributed by atoms with Gasteiger partial charge in [0.05, 0.1) is 0 Å². The molecule has 2 N–H and O–H groups in total. The Labute approximate surface area is 110 Å². The van der Waals surface area contributed by atoms with E-state index in [0.717, 1.165) is 0 Å². The maximum atomic E-state index is 13.2. The molecule has 0 amide bonds. The summed E-state index contributed by atoms with van der Waals surface area (Å²) in [4.78, 5) is 0. The first kappa shape index (κ1) is 13.5. The molecule has 19 heavy (non-hydrogen) atoms. The van der Waals surface area contributed by atoms with Crippen molar-refractivity contribution in [3.8, 4) is 11.5 Å². The topological polar surface area (TPSA) is 35.2 Å². The van der Waals surface area contributed by atoms with Crippen molar-refractivity contribution in [1.82, 2.24) is 0 Å². The molecular weight excluding hydrogens is 248 g/mol. The molecule has 2 rings (SSSR count). The van der Waals surface area contributed by atoms with Crippen molar-refractivity contribution in [2.24, 2.45) is 5.73 Å². The zero-order valence-corrected chi connectivity index (χ0v) is 10.8. The Balaban J connectivity index is 2.35. The van der Waals surface area contributed by atoms with Crippen molar-refractivity contribution in [3.05, 3.63) is 59.2 Å². The fraction of sp³-hybridized carbons (Fsp3) is 0.200. The van der Waals surface area contributed by atoms with Gasteiger partial charge in [-0.25, -0.2) is 8.78 Å². The monoisotopic (exact) mass is 263 g/mol. The molecule has 0 aliphatic carbocycles.